The summed E-state index contributed by atoms with van der Waals surface area (Å²) in [7, 11) is 0. The molecule has 0 bridgehead atoms. The number of rotatable bonds is 7. The highest BCUT2D eigenvalue weighted by atomic mass is 15.3. The molecule has 0 aliphatic carbocycles. The van der Waals surface area contributed by atoms with E-state index in [2.05, 4.69) is 42.0 Å². The summed E-state index contributed by atoms with van der Waals surface area (Å²) in [6.45, 7) is 9.55. The van der Waals surface area contributed by atoms with E-state index in [-0.39, 0.29) is 0 Å². The lowest BCUT2D eigenvalue weighted by Crippen LogP contribution is -2.42. The molecule has 1 aromatic rings. The van der Waals surface area contributed by atoms with Crippen LogP contribution in [0.3, 0.4) is 0 Å². The summed E-state index contributed by atoms with van der Waals surface area (Å²) in [6, 6.07) is 2.49. The molecule has 0 aliphatic heterocycles. The molecule has 0 aromatic carbocycles. The lowest BCUT2D eigenvalue weighted by atomic mass is 9.93. The van der Waals surface area contributed by atoms with E-state index < -0.39 is 0 Å². The van der Waals surface area contributed by atoms with Crippen molar-refractivity contribution in [3.8, 4) is 0 Å². The Morgan fingerprint density at radius 2 is 2.18 bits per heavy atom. The summed E-state index contributed by atoms with van der Waals surface area (Å²) in [5, 5.41) is 4.47. The fraction of sp³-hybridized carbons (Fsp3) is 0.769. The molecule has 3 N–H and O–H groups in total. The van der Waals surface area contributed by atoms with Crippen molar-refractivity contribution in [2.75, 3.05) is 0 Å². The molecule has 1 heterocycles. The van der Waals surface area contributed by atoms with Crippen LogP contribution < -0.4 is 11.3 Å². The van der Waals surface area contributed by atoms with Gasteiger partial charge in [0.1, 0.15) is 0 Å². The molecule has 0 amide bonds. The van der Waals surface area contributed by atoms with Crippen molar-refractivity contribution in [3.63, 3.8) is 0 Å². The zero-order chi connectivity index (χ0) is 12.8. The van der Waals surface area contributed by atoms with E-state index in [0.29, 0.717) is 12.0 Å². The fourth-order valence-electron chi connectivity index (χ4n) is 2.34. The zero-order valence-electron chi connectivity index (χ0n) is 11.5. The Labute approximate surface area is 105 Å². The smallest absolute Gasteiger partial charge is 0.0596 e. The van der Waals surface area contributed by atoms with E-state index in [1.165, 1.54) is 18.5 Å². The van der Waals surface area contributed by atoms with E-state index in [0.717, 1.165) is 18.7 Å². The van der Waals surface area contributed by atoms with Crippen LogP contribution in [0.5, 0.6) is 0 Å². The molecule has 0 saturated heterocycles. The standard InChI is InChI=1S/C13H26N4/c1-5-7-10(3)13(15-14)9-12-8-11(4)16-17(12)6-2/h8,10,13,15H,5-7,9,14H2,1-4H3. The van der Waals surface area contributed by atoms with Gasteiger partial charge < -0.3 is 0 Å². The van der Waals surface area contributed by atoms with E-state index in [9.17, 15) is 0 Å². The topological polar surface area (TPSA) is 55.9 Å². The summed E-state index contributed by atoms with van der Waals surface area (Å²) in [5.41, 5.74) is 5.31. The molecule has 17 heavy (non-hydrogen) atoms. The number of hydrogen-bond donors (Lipinski definition) is 2. The number of nitrogens with two attached hydrogens (primary N) is 1. The molecule has 0 saturated carbocycles. The molecular weight excluding hydrogens is 212 g/mol. The minimum atomic E-state index is 0.330. The second kappa shape index (κ2) is 6.77. The molecule has 2 unspecified atom stereocenters. The highest BCUT2D eigenvalue weighted by Crippen LogP contribution is 2.15. The molecule has 0 spiro atoms. The normalized spacial score (nSPS) is 14.9. The average Bonchev–Trinajstić information content (AvgIpc) is 2.66. The molecule has 2 atom stereocenters. The molecular formula is C13H26N4. The summed E-state index contributed by atoms with van der Waals surface area (Å²) < 4.78 is 2.07. The maximum Gasteiger partial charge on any atom is 0.0596 e. The van der Waals surface area contributed by atoms with Gasteiger partial charge in [0.15, 0.2) is 0 Å². The van der Waals surface area contributed by atoms with Crippen LogP contribution in [0.2, 0.25) is 0 Å². The highest BCUT2D eigenvalue weighted by molar-refractivity contribution is 5.10. The van der Waals surface area contributed by atoms with E-state index >= 15 is 0 Å². The molecule has 4 heteroatoms. The minimum absolute atomic E-state index is 0.330. The van der Waals surface area contributed by atoms with Crippen LogP contribution in [0.1, 0.15) is 45.0 Å². The predicted octanol–water partition coefficient (Wildman–Crippen LogP) is 2.02. The maximum absolute atomic E-state index is 5.67. The van der Waals surface area contributed by atoms with Crippen molar-refractivity contribution < 1.29 is 0 Å². The summed E-state index contributed by atoms with van der Waals surface area (Å²) in [5.74, 6) is 6.26. The third-order valence-electron chi connectivity index (χ3n) is 3.36. The third-order valence-corrected chi connectivity index (χ3v) is 3.36. The van der Waals surface area contributed by atoms with Crippen LogP contribution in [0.4, 0.5) is 0 Å². The van der Waals surface area contributed by atoms with Gasteiger partial charge >= 0.3 is 0 Å². The van der Waals surface area contributed by atoms with E-state index in [4.69, 9.17) is 5.84 Å². The van der Waals surface area contributed by atoms with E-state index in [1.807, 2.05) is 6.92 Å². The van der Waals surface area contributed by atoms with E-state index in [1.54, 1.807) is 0 Å². The first kappa shape index (κ1) is 14.2. The SMILES string of the molecule is CCCC(C)C(Cc1cc(C)nn1CC)NN. The van der Waals surface area contributed by atoms with Crippen LogP contribution in [0.25, 0.3) is 0 Å². The van der Waals surface area contributed by atoms with Crippen LogP contribution in [-0.4, -0.2) is 15.8 Å². The number of nitrogens with one attached hydrogen (secondary N) is 1. The number of hydrazine groups is 1. The van der Waals surface area contributed by atoms with Crippen molar-refractivity contribution in [2.24, 2.45) is 11.8 Å². The van der Waals surface area contributed by atoms with Crippen molar-refractivity contribution >= 4 is 0 Å². The van der Waals surface area contributed by atoms with Gasteiger partial charge in [-0.1, -0.05) is 20.3 Å². The van der Waals surface area contributed by atoms with Gasteiger partial charge in [0.05, 0.1) is 5.69 Å². The summed E-state index contributed by atoms with van der Waals surface area (Å²) in [6.07, 6.45) is 3.35. The molecule has 0 fully saturated rings. The zero-order valence-corrected chi connectivity index (χ0v) is 11.5. The highest BCUT2D eigenvalue weighted by Gasteiger charge is 2.17. The first-order valence-corrected chi connectivity index (χ1v) is 6.61. The lowest BCUT2D eigenvalue weighted by Gasteiger charge is -2.23. The minimum Gasteiger partial charge on any atom is -0.271 e. The Kier molecular flexibility index (Phi) is 5.65. The lowest BCUT2D eigenvalue weighted by molar-refractivity contribution is 0.350. The number of hydrogen-bond acceptors (Lipinski definition) is 3. The molecule has 4 nitrogen and oxygen atoms in total. The Hall–Kier alpha value is -0.870. The maximum atomic E-state index is 5.67. The van der Waals surface area contributed by atoms with Crippen molar-refractivity contribution in [2.45, 2.75) is 59.5 Å². The van der Waals surface area contributed by atoms with Gasteiger partial charge in [0.25, 0.3) is 0 Å². The Morgan fingerprint density at radius 1 is 1.47 bits per heavy atom. The number of aryl methyl sites for hydroxylation is 2. The molecule has 1 rings (SSSR count). The molecule has 0 aliphatic rings. The van der Waals surface area contributed by atoms with Crippen molar-refractivity contribution in [1.29, 1.82) is 0 Å². The summed E-state index contributed by atoms with van der Waals surface area (Å²) >= 11 is 0. The molecule has 0 radical (unpaired) electrons. The second-order valence-electron chi connectivity index (χ2n) is 4.84. The number of aromatic nitrogens is 2. The van der Waals surface area contributed by atoms with Gasteiger partial charge in [-0.25, -0.2) is 0 Å². The van der Waals surface area contributed by atoms with Gasteiger partial charge in [-0.05, 0) is 32.3 Å². The Morgan fingerprint density at radius 3 is 2.71 bits per heavy atom. The monoisotopic (exact) mass is 238 g/mol. The van der Waals surface area contributed by atoms with Gasteiger partial charge in [-0.15, -0.1) is 0 Å². The summed E-state index contributed by atoms with van der Waals surface area (Å²) in [4.78, 5) is 0. The fourth-order valence-corrected chi connectivity index (χ4v) is 2.34. The quantitative estimate of drug-likeness (QED) is 0.564. The largest absolute Gasteiger partial charge is 0.271 e. The average molecular weight is 238 g/mol. The van der Waals surface area contributed by atoms with Crippen LogP contribution >= 0.6 is 0 Å². The molecule has 98 valence electrons. The van der Waals surface area contributed by atoms with Crippen molar-refractivity contribution in [3.05, 3.63) is 17.5 Å². The Balaban J connectivity index is 2.72. The second-order valence-corrected chi connectivity index (χ2v) is 4.84. The number of nitrogens with zero attached hydrogens (tertiary/aromatic N) is 2. The van der Waals surface area contributed by atoms with Gasteiger partial charge in [0, 0.05) is 24.7 Å². The van der Waals surface area contributed by atoms with Crippen LogP contribution in [-0.2, 0) is 13.0 Å². The Bertz CT molecular complexity index is 332. The third kappa shape index (κ3) is 3.82. The van der Waals surface area contributed by atoms with Crippen molar-refractivity contribution in [1.82, 2.24) is 15.2 Å². The first-order valence-electron chi connectivity index (χ1n) is 6.61. The van der Waals surface area contributed by atoms with Crippen LogP contribution in [0, 0.1) is 12.8 Å². The molecule has 1 aromatic heterocycles. The first-order chi connectivity index (χ1) is 8.12. The van der Waals surface area contributed by atoms with Gasteiger partial charge in [0.2, 0.25) is 0 Å². The van der Waals surface area contributed by atoms with Crippen LogP contribution in [0.15, 0.2) is 6.07 Å². The predicted molar refractivity (Wildman–Crippen MR) is 71.5 cm³/mol. The van der Waals surface area contributed by atoms with Gasteiger partial charge in [-0.3, -0.25) is 16.0 Å². The van der Waals surface area contributed by atoms with Gasteiger partial charge in [-0.2, -0.15) is 5.10 Å².